The Kier molecular flexibility index (Phi) is 4.81. The summed E-state index contributed by atoms with van der Waals surface area (Å²) in [6, 6.07) is 12.5. The molecule has 0 aliphatic heterocycles. The lowest BCUT2D eigenvalue weighted by Gasteiger charge is -2.04. The lowest BCUT2D eigenvalue weighted by molar-refractivity contribution is 0.0995. The minimum atomic E-state index is -0.511. The number of aryl methyl sites for hydroxylation is 1. The van der Waals surface area contributed by atoms with E-state index in [9.17, 15) is 9.90 Å². The highest BCUT2D eigenvalue weighted by Gasteiger charge is 2.16. The summed E-state index contributed by atoms with van der Waals surface area (Å²) in [7, 11) is 0. The Labute approximate surface area is 143 Å². The lowest BCUT2D eigenvalue weighted by Crippen LogP contribution is -1.96. The van der Waals surface area contributed by atoms with Crippen LogP contribution in [0.4, 0.5) is 5.69 Å². The van der Waals surface area contributed by atoms with Gasteiger partial charge in [0.05, 0.1) is 11.6 Å². The molecule has 0 saturated heterocycles. The zero-order valence-corrected chi connectivity index (χ0v) is 13.3. The van der Waals surface area contributed by atoms with Crippen LogP contribution in [0.5, 0.6) is 5.88 Å². The lowest BCUT2D eigenvalue weighted by atomic mass is 10.2. The van der Waals surface area contributed by atoms with Gasteiger partial charge in [-0.3, -0.25) is 9.78 Å². The molecule has 1 aromatic carbocycles. The average Bonchev–Trinajstić information content (AvgIpc) is 2.92. The second-order valence-corrected chi connectivity index (χ2v) is 5.34. The zero-order valence-electron chi connectivity index (χ0n) is 13.3. The van der Waals surface area contributed by atoms with Crippen LogP contribution in [0.1, 0.15) is 23.2 Å². The van der Waals surface area contributed by atoms with Crippen molar-refractivity contribution in [2.24, 2.45) is 10.2 Å². The fourth-order valence-corrected chi connectivity index (χ4v) is 2.56. The molecule has 0 bridgehead atoms. The maximum Gasteiger partial charge on any atom is 0.295 e. The van der Waals surface area contributed by atoms with E-state index in [0.29, 0.717) is 30.3 Å². The van der Waals surface area contributed by atoms with Crippen molar-refractivity contribution in [3.05, 3.63) is 54.4 Å². The Morgan fingerprint density at radius 2 is 2.00 bits per heavy atom. The van der Waals surface area contributed by atoms with E-state index < -0.39 is 5.91 Å². The number of aromatic hydroxyl groups is 1. The summed E-state index contributed by atoms with van der Waals surface area (Å²) < 4.78 is 1.68. The minimum Gasteiger partial charge on any atom is -0.493 e. The van der Waals surface area contributed by atoms with E-state index in [1.54, 1.807) is 22.8 Å². The minimum absolute atomic E-state index is 0.0644. The smallest absolute Gasteiger partial charge is 0.295 e. The number of hydrogen-bond acceptors (Lipinski definition) is 5. The number of carbonyl (C=O) groups excluding carboxylic acids is 1. The van der Waals surface area contributed by atoms with Gasteiger partial charge < -0.3 is 9.67 Å². The monoisotopic (exact) mass is 333 g/mol. The fourth-order valence-electron chi connectivity index (χ4n) is 2.56. The van der Waals surface area contributed by atoms with Crippen molar-refractivity contribution in [2.45, 2.75) is 19.4 Å². The van der Waals surface area contributed by atoms with Gasteiger partial charge in [-0.25, -0.2) is 0 Å². The Hall–Kier alpha value is -3.53. The van der Waals surface area contributed by atoms with Crippen LogP contribution in [0, 0.1) is 11.3 Å². The molecule has 0 aliphatic carbocycles. The van der Waals surface area contributed by atoms with Gasteiger partial charge in [0.25, 0.3) is 5.91 Å². The number of carbonyl (C=O) groups is 1. The Morgan fingerprint density at radius 3 is 2.76 bits per heavy atom. The van der Waals surface area contributed by atoms with Crippen molar-refractivity contribution >= 4 is 22.5 Å². The van der Waals surface area contributed by atoms with Crippen LogP contribution in [0.2, 0.25) is 0 Å². The average molecular weight is 333 g/mol. The molecule has 1 N–H and O–H groups in total. The summed E-state index contributed by atoms with van der Waals surface area (Å²) in [5.41, 5.74) is 1.40. The maximum atomic E-state index is 12.1. The first-order valence-electron chi connectivity index (χ1n) is 7.75. The van der Waals surface area contributed by atoms with Crippen molar-refractivity contribution in [1.82, 2.24) is 9.55 Å². The molecule has 3 rings (SSSR count). The van der Waals surface area contributed by atoms with Crippen LogP contribution in [-0.4, -0.2) is 20.6 Å². The van der Waals surface area contributed by atoms with Gasteiger partial charge >= 0.3 is 0 Å². The van der Waals surface area contributed by atoms with Crippen molar-refractivity contribution in [3.8, 4) is 11.9 Å². The van der Waals surface area contributed by atoms with E-state index in [-0.39, 0.29) is 11.6 Å². The van der Waals surface area contributed by atoms with E-state index in [0.717, 1.165) is 5.52 Å². The number of nitriles is 1. The topological polar surface area (TPSA) is 104 Å². The van der Waals surface area contributed by atoms with E-state index >= 15 is 0 Å². The number of fused-ring (bicyclic) bond motifs is 1. The predicted molar refractivity (Wildman–Crippen MR) is 91.5 cm³/mol. The molecule has 0 radical (unpaired) electrons. The van der Waals surface area contributed by atoms with E-state index in [4.69, 9.17) is 5.26 Å². The number of pyridine rings is 1. The number of aromatic nitrogens is 2. The molecular formula is C18H15N5O2. The van der Waals surface area contributed by atoms with Crippen LogP contribution in [-0.2, 0) is 6.54 Å². The molecular weight excluding hydrogens is 318 g/mol. The molecule has 25 heavy (non-hydrogen) atoms. The first kappa shape index (κ1) is 16.3. The maximum absolute atomic E-state index is 12.1. The Morgan fingerprint density at radius 1 is 1.24 bits per heavy atom. The summed E-state index contributed by atoms with van der Waals surface area (Å²) in [5.74, 6) is -0.575. The largest absolute Gasteiger partial charge is 0.493 e. The highest BCUT2D eigenvalue weighted by atomic mass is 16.3. The van der Waals surface area contributed by atoms with Crippen molar-refractivity contribution in [3.63, 3.8) is 0 Å². The fraction of sp³-hybridized carbons (Fsp3) is 0.167. The molecule has 1 amide bonds. The molecule has 7 nitrogen and oxygen atoms in total. The van der Waals surface area contributed by atoms with Gasteiger partial charge in [0.15, 0.2) is 5.69 Å². The Balaban J connectivity index is 1.96. The molecule has 0 fully saturated rings. The summed E-state index contributed by atoms with van der Waals surface area (Å²) in [6.07, 6.45) is 4.00. The van der Waals surface area contributed by atoms with Gasteiger partial charge in [0.1, 0.15) is 0 Å². The quantitative estimate of drug-likeness (QED) is 0.563. The van der Waals surface area contributed by atoms with E-state index in [1.807, 2.05) is 18.2 Å². The standard InChI is InChI=1S/C18H15N5O2/c19-9-3-4-12-23-15-6-2-1-5-14(15)16(18(23)25)21-22-17(24)13-7-10-20-11-8-13/h1-2,5-8,10-11,25H,3-4,12H2. The number of rotatable bonds is 5. The number of azo groups is 1. The molecule has 7 heteroatoms. The summed E-state index contributed by atoms with van der Waals surface area (Å²) in [4.78, 5) is 15.9. The number of benzene rings is 1. The van der Waals surface area contributed by atoms with Crippen molar-refractivity contribution < 1.29 is 9.90 Å². The first-order chi connectivity index (χ1) is 12.2. The van der Waals surface area contributed by atoms with Gasteiger partial charge in [-0.15, -0.1) is 10.2 Å². The zero-order chi connectivity index (χ0) is 17.6. The summed E-state index contributed by atoms with van der Waals surface area (Å²) >= 11 is 0. The molecule has 0 spiro atoms. The van der Waals surface area contributed by atoms with Gasteiger partial charge in [-0.05, 0) is 24.6 Å². The number of amides is 1. The molecule has 0 saturated carbocycles. The molecule has 124 valence electrons. The van der Waals surface area contributed by atoms with E-state index in [1.165, 1.54) is 12.4 Å². The normalized spacial score (nSPS) is 11.0. The molecule has 2 aromatic heterocycles. The highest BCUT2D eigenvalue weighted by Crippen LogP contribution is 2.39. The second-order valence-electron chi connectivity index (χ2n) is 5.34. The molecule has 0 atom stereocenters. The van der Waals surface area contributed by atoms with Crippen LogP contribution in [0.25, 0.3) is 10.9 Å². The summed E-state index contributed by atoms with van der Waals surface area (Å²) in [5, 5.41) is 27.6. The van der Waals surface area contributed by atoms with Crippen molar-refractivity contribution in [2.75, 3.05) is 0 Å². The molecule has 2 heterocycles. The van der Waals surface area contributed by atoms with Crippen LogP contribution in [0.3, 0.4) is 0 Å². The van der Waals surface area contributed by atoms with Gasteiger partial charge in [-0.2, -0.15) is 5.26 Å². The summed E-state index contributed by atoms with van der Waals surface area (Å²) in [6.45, 7) is 0.480. The SMILES string of the molecule is N#CCCCn1c(O)c(N=NC(=O)c2ccncc2)c2ccccc21. The molecule has 0 unspecified atom stereocenters. The van der Waals surface area contributed by atoms with Crippen LogP contribution < -0.4 is 0 Å². The number of nitrogens with zero attached hydrogens (tertiary/aromatic N) is 5. The number of para-hydroxylation sites is 1. The molecule has 0 aliphatic rings. The van der Waals surface area contributed by atoms with Gasteiger partial charge in [0, 0.05) is 36.3 Å². The second kappa shape index (κ2) is 7.36. The third-order valence-electron chi connectivity index (χ3n) is 3.76. The van der Waals surface area contributed by atoms with Crippen LogP contribution >= 0.6 is 0 Å². The van der Waals surface area contributed by atoms with Crippen LogP contribution in [0.15, 0.2) is 59.0 Å². The highest BCUT2D eigenvalue weighted by molar-refractivity contribution is 5.97. The first-order valence-corrected chi connectivity index (χ1v) is 7.75. The third-order valence-corrected chi connectivity index (χ3v) is 3.76. The molecule has 3 aromatic rings. The van der Waals surface area contributed by atoms with E-state index in [2.05, 4.69) is 21.3 Å². The Bertz CT molecular complexity index is 970. The van der Waals surface area contributed by atoms with Gasteiger partial charge in [-0.1, -0.05) is 18.2 Å². The predicted octanol–water partition coefficient (Wildman–Crippen LogP) is 3.97. The van der Waals surface area contributed by atoms with Gasteiger partial charge in [0.2, 0.25) is 5.88 Å². The third kappa shape index (κ3) is 3.38. The number of unbranched alkanes of at least 4 members (excludes halogenated alkanes) is 1. The van der Waals surface area contributed by atoms with Crippen molar-refractivity contribution in [1.29, 1.82) is 5.26 Å². The number of hydrogen-bond donors (Lipinski definition) is 1.